The number of hydrogen-bond donors (Lipinski definition) is 0. The van der Waals surface area contributed by atoms with Gasteiger partial charge in [0.25, 0.3) is 0 Å². The van der Waals surface area contributed by atoms with Crippen molar-refractivity contribution in [1.82, 2.24) is 0 Å². The minimum Gasteiger partial charge on any atom is 0 e. The molecule has 0 aromatic heterocycles. The predicted octanol–water partition coefficient (Wildman–Crippen LogP) is 2.87. The van der Waals surface area contributed by atoms with Crippen LogP contribution in [0.4, 0.5) is 0 Å². The molecule has 16 heavy (non-hydrogen) atoms. The third kappa shape index (κ3) is 15.7. The number of halogens is 1. The Bertz CT molecular complexity index is 266. The van der Waals surface area contributed by atoms with Crippen molar-refractivity contribution < 1.29 is 31.3 Å². The van der Waals surface area contributed by atoms with Crippen LogP contribution in [0, 0.1) is 20.0 Å². The van der Waals surface area contributed by atoms with Crippen molar-refractivity contribution in [1.29, 1.82) is 0 Å². The summed E-state index contributed by atoms with van der Waals surface area (Å²) in [5.74, 6) is 0. The Kier molecular flexibility index (Phi) is 36.4. The van der Waals surface area contributed by atoms with E-state index >= 15 is 0 Å². The van der Waals surface area contributed by atoms with Crippen LogP contribution in [-0.2, 0) is 31.3 Å². The van der Waals surface area contributed by atoms with E-state index in [1.807, 2.05) is 37.3 Å². The summed E-state index contributed by atoms with van der Waals surface area (Å²) in [6.45, 7) is 15.5. The van der Waals surface area contributed by atoms with Gasteiger partial charge in [0.15, 0.2) is 0 Å². The van der Waals surface area contributed by atoms with E-state index < -0.39 is 0 Å². The molecule has 0 fully saturated rings. The average Bonchev–Trinajstić information content (AvgIpc) is 2.38. The summed E-state index contributed by atoms with van der Waals surface area (Å²) in [6.07, 6.45) is 0. The van der Waals surface area contributed by atoms with Crippen LogP contribution in [-0.4, -0.2) is 0 Å². The molecule has 0 unspecified atom stereocenters. The first-order valence-electron chi connectivity index (χ1n) is 3.61. The van der Waals surface area contributed by atoms with Gasteiger partial charge in [-0.1, -0.05) is 30.3 Å². The zero-order chi connectivity index (χ0) is 12.7. The van der Waals surface area contributed by atoms with Gasteiger partial charge in [-0.15, -0.1) is 11.6 Å². The predicted molar refractivity (Wildman–Crippen MR) is 52.5 cm³/mol. The van der Waals surface area contributed by atoms with Crippen molar-refractivity contribution in [3.63, 3.8) is 0 Å². The van der Waals surface area contributed by atoms with Gasteiger partial charge in [-0.05, 0) is 12.5 Å². The molecule has 1 aromatic rings. The summed E-state index contributed by atoms with van der Waals surface area (Å²) in [5.41, 5.74) is 1.18. The molecule has 5 heteroatoms. The molecule has 1 aromatic carbocycles. The molecular formula is C11H9ClCrO3. The van der Waals surface area contributed by atoms with Gasteiger partial charge in [0.05, 0.1) is 5.38 Å². The van der Waals surface area contributed by atoms with Crippen LogP contribution in [0.3, 0.4) is 0 Å². The molecule has 0 saturated carbocycles. The van der Waals surface area contributed by atoms with Crippen LogP contribution >= 0.6 is 11.6 Å². The van der Waals surface area contributed by atoms with Crippen molar-refractivity contribution in [2.75, 3.05) is 0 Å². The number of alkyl halides is 1. The molecule has 0 N–H and O–H groups in total. The van der Waals surface area contributed by atoms with E-state index in [0.29, 0.717) is 0 Å². The van der Waals surface area contributed by atoms with Gasteiger partial charge in [0, 0.05) is 17.4 Å². The first-order chi connectivity index (χ1) is 7.30. The van der Waals surface area contributed by atoms with E-state index in [1.165, 1.54) is 5.56 Å². The normalized spacial score (nSPS) is 7.75. The Morgan fingerprint density at radius 3 is 1.44 bits per heavy atom. The smallest absolute Gasteiger partial charge is 0 e. The van der Waals surface area contributed by atoms with Gasteiger partial charge in [-0.25, -0.2) is 0 Å². The Labute approximate surface area is 111 Å². The standard InChI is InChI=1S/C8H9Cl.3CO.Cr/c1-7(9)8-5-3-2-4-6-8;3*1-2;/h2-7H,1H3;;;;/t7-;;;;/m1..../s1. The summed E-state index contributed by atoms with van der Waals surface area (Å²) in [7, 11) is 0. The minimum absolute atomic E-state index is 0. The van der Waals surface area contributed by atoms with E-state index in [-0.39, 0.29) is 22.7 Å². The van der Waals surface area contributed by atoms with E-state index in [1.54, 1.807) is 0 Å². The summed E-state index contributed by atoms with van der Waals surface area (Å²) in [6, 6.07) is 10.0. The van der Waals surface area contributed by atoms with Crippen LogP contribution < -0.4 is 0 Å². The summed E-state index contributed by atoms with van der Waals surface area (Å²) < 4.78 is 22.5. The number of rotatable bonds is 1. The van der Waals surface area contributed by atoms with E-state index in [9.17, 15) is 0 Å². The Morgan fingerprint density at radius 1 is 0.938 bits per heavy atom. The van der Waals surface area contributed by atoms with Gasteiger partial charge in [-0.3, -0.25) is 0 Å². The third-order valence-electron chi connectivity index (χ3n) is 1.26. The SMILES string of the molecule is C[C@@H](Cl)c1ccccc1.[C-]#[O+].[C-]#[O+].[C-]#[O+].[Cr]. The minimum atomic E-state index is 0. The molecule has 84 valence electrons. The van der Waals surface area contributed by atoms with Gasteiger partial charge in [-0.2, -0.15) is 0 Å². The molecule has 0 aliphatic carbocycles. The second kappa shape index (κ2) is 23.8. The maximum absolute atomic E-state index is 7.50. The molecular weight excluding hydrogens is 268 g/mol. The quantitative estimate of drug-likeness (QED) is 0.430. The van der Waals surface area contributed by atoms with Crippen LogP contribution in [0.5, 0.6) is 0 Å². The van der Waals surface area contributed by atoms with Crippen molar-refractivity contribution in [2.24, 2.45) is 0 Å². The fourth-order valence-corrected chi connectivity index (χ4v) is 0.864. The van der Waals surface area contributed by atoms with Gasteiger partial charge in [0.2, 0.25) is 0 Å². The summed E-state index contributed by atoms with van der Waals surface area (Å²) in [4.78, 5) is 0. The van der Waals surface area contributed by atoms with Crippen LogP contribution in [0.15, 0.2) is 30.3 Å². The largest absolute Gasteiger partial charge is 0 e. The van der Waals surface area contributed by atoms with E-state index in [2.05, 4.69) is 20.0 Å². The van der Waals surface area contributed by atoms with Crippen LogP contribution in [0.25, 0.3) is 0 Å². The van der Waals surface area contributed by atoms with Gasteiger partial charge >= 0.3 is 33.9 Å². The van der Waals surface area contributed by atoms with E-state index in [0.717, 1.165) is 0 Å². The molecule has 0 saturated heterocycles. The van der Waals surface area contributed by atoms with Crippen molar-refractivity contribution in [2.45, 2.75) is 12.3 Å². The maximum atomic E-state index is 7.50. The molecule has 1 rings (SSSR count). The van der Waals surface area contributed by atoms with Crippen molar-refractivity contribution >= 4 is 11.6 Å². The molecule has 0 heterocycles. The molecule has 0 aliphatic rings. The first kappa shape index (κ1) is 24.5. The molecule has 3 nitrogen and oxygen atoms in total. The van der Waals surface area contributed by atoms with E-state index in [4.69, 9.17) is 25.6 Å². The van der Waals surface area contributed by atoms with Crippen LogP contribution in [0.2, 0.25) is 0 Å². The fourth-order valence-electron chi connectivity index (χ4n) is 0.718. The first-order valence-corrected chi connectivity index (χ1v) is 4.04. The number of hydrogen-bond acceptors (Lipinski definition) is 0. The molecule has 0 bridgehead atoms. The Morgan fingerprint density at radius 2 is 1.25 bits per heavy atom. The third-order valence-corrected chi connectivity index (χ3v) is 1.51. The second-order valence-corrected chi connectivity index (χ2v) is 2.68. The Hall–Kier alpha value is -0.738. The maximum Gasteiger partial charge on any atom is 0 e. The molecule has 0 radical (unpaired) electrons. The number of benzene rings is 1. The van der Waals surface area contributed by atoms with Gasteiger partial charge < -0.3 is 0 Å². The second-order valence-electron chi connectivity index (χ2n) is 2.03. The summed E-state index contributed by atoms with van der Waals surface area (Å²) in [5, 5.41) is 0.131. The molecule has 0 amide bonds. The summed E-state index contributed by atoms with van der Waals surface area (Å²) >= 11 is 5.80. The zero-order valence-corrected chi connectivity index (χ0v) is 10.5. The molecule has 0 aliphatic heterocycles. The van der Waals surface area contributed by atoms with Gasteiger partial charge in [0.1, 0.15) is 0 Å². The van der Waals surface area contributed by atoms with Crippen molar-refractivity contribution in [3.05, 3.63) is 55.8 Å². The monoisotopic (exact) mass is 276 g/mol. The average molecular weight is 277 g/mol. The zero-order valence-electron chi connectivity index (χ0n) is 8.48. The molecule has 0 spiro atoms. The van der Waals surface area contributed by atoms with Crippen LogP contribution in [0.1, 0.15) is 17.9 Å². The topological polar surface area (TPSA) is 59.7 Å². The fraction of sp³-hybridized carbons (Fsp3) is 0.182. The van der Waals surface area contributed by atoms with Crippen molar-refractivity contribution in [3.8, 4) is 0 Å². The molecule has 1 atom stereocenters. The Balaban J connectivity index is -0.0000000900.